The molecule has 3 aromatic rings. The van der Waals surface area contributed by atoms with Crippen molar-refractivity contribution in [3.63, 3.8) is 0 Å². The van der Waals surface area contributed by atoms with Gasteiger partial charge in [0, 0.05) is 36.7 Å². The summed E-state index contributed by atoms with van der Waals surface area (Å²) in [6, 6.07) is 7.85. The molecule has 0 bridgehead atoms. The van der Waals surface area contributed by atoms with Crippen molar-refractivity contribution in [1.29, 1.82) is 0 Å². The highest BCUT2D eigenvalue weighted by molar-refractivity contribution is 7.90. The second-order valence-corrected chi connectivity index (χ2v) is 10.7. The van der Waals surface area contributed by atoms with Crippen LogP contribution in [0.1, 0.15) is 6.92 Å². The Morgan fingerprint density at radius 1 is 1.13 bits per heavy atom. The number of benzene rings is 2. The number of ether oxygens (including phenoxy) is 1. The fourth-order valence-corrected chi connectivity index (χ4v) is 4.92. The quantitative estimate of drug-likeness (QED) is 0.431. The maximum Gasteiger partial charge on any atom is 0.319 e. The van der Waals surface area contributed by atoms with E-state index < -0.39 is 34.2 Å². The van der Waals surface area contributed by atoms with Crippen LogP contribution in [0.25, 0.3) is 22.6 Å². The molecule has 0 aliphatic carbocycles. The first-order valence-electron chi connectivity index (χ1n) is 11.7. The number of nitrogens with zero attached hydrogens (tertiary/aromatic N) is 3. The van der Waals surface area contributed by atoms with Gasteiger partial charge in [0.05, 0.1) is 35.4 Å². The monoisotopic (exact) mass is 549 g/mol. The van der Waals surface area contributed by atoms with E-state index in [-0.39, 0.29) is 45.8 Å². The molecule has 4 rings (SSSR count). The summed E-state index contributed by atoms with van der Waals surface area (Å²) in [5.74, 6) is -1.11. The highest BCUT2D eigenvalue weighted by atomic mass is 32.2. The topological polar surface area (TPSA) is 114 Å². The van der Waals surface area contributed by atoms with E-state index in [1.165, 1.54) is 18.2 Å². The number of carbonyl (C=O) groups is 1. The second-order valence-electron chi connectivity index (χ2n) is 8.73. The van der Waals surface area contributed by atoms with Gasteiger partial charge in [-0.15, -0.1) is 0 Å². The molecule has 0 saturated carbocycles. The van der Waals surface area contributed by atoms with Crippen LogP contribution in [-0.2, 0) is 14.6 Å². The van der Waals surface area contributed by atoms with Gasteiger partial charge in [-0.05, 0) is 43.3 Å². The minimum absolute atomic E-state index is 0.0153. The lowest BCUT2D eigenvalue weighted by molar-refractivity contribution is 0.0985. The molecule has 2 amide bonds. The van der Waals surface area contributed by atoms with Gasteiger partial charge in [-0.3, -0.25) is 0 Å². The van der Waals surface area contributed by atoms with E-state index in [2.05, 4.69) is 20.6 Å². The molecule has 1 aromatic heterocycles. The maximum atomic E-state index is 15.3. The SMILES string of the molecule is CC1COCCN1c1cc(-c2cc(F)ccc2S(C)(=O)=O)nc(-c2ccc(NC(=O)NCCF)cc2F)n1. The minimum atomic E-state index is -3.76. The van der Waals surface area contributed by atoms with Crippen molar-refractivity contribution in [3.05, 3.63) is 54.1 Å². The van der Waals surface area contributed by atoms with Crippen LogP contribution in [0.4, 0.5) is 29.5 Å². The van der Waals surface area contributed by atoms with Crippen LogP contribution in [-0.4, -0.2) is 69.7 Å². The maximum absolute atomic E-state index is 15.3. The lowest BCUT2D eigenvalue weighted by Gasteiger charge is -2.34. The van der Waals surface area contributed by atoms with Gasteiger partial charge in [0.1, 0.15) is 24.1 Å². The summed E-state index contributed by atoms with van der Waals surface area (Å²) < 4.78 is 72.2. The Morgan fingerprint density at radius 3 is 2.61 bits per heavy atom. The van der Waals surface area contributed by atoms with E-state index in [4.69, 9.17) is 4.74 Å². The number of rotatable bonds is 7. The molecule has 13 heteroatoms. The van der Waals surface area contributed by atoms with Gasteiger partial charge >= 0.3 is 6.03 Å². The average Bonchev–Trinajstić information content (AvgIpc) is 2.87. The molecule has 202 valence electrons. The van der Waals surface area contributed by atoms with Crippen molar-refractivity contribution in [2.75, 3.05) is 49.5 Å². The van der Waals surface area contributed by atoms with Crippen molar-refractivity contribution in [2.24, 2.45) is 0 Å². The smallest absolute Gasteiger partial charge is 0.319 e. The molecule has 1 unspecified atom stereocenters. The van der Waals surface area contributed by atoms with Gasteiger partial charge in [-0.2, -0.15) is 0 Å². The molecule has 1 aliphatic rings. The molecule has 2 aromatic carbocycles. The molecule has 2 N–H and O–H groups in total. The van der Waals surface area contributed by atoms with Gasteiger partial charge < -0.3 is 20.3 Å². The number of urea groups is 1. The Labute approximate surface area is 218 Å². The van der Waals surface area contributed by atoms with Gasteiger partial charge in [-0.25, -0.2) is 36.4 Å². The number of carbonyl (C=O) groups excluding carboxylic acids is 1. The van der Waals surface area contributed by atoms with Crippen molar-refractivity contribution in [2.45, 2.75) is 17.9 Å². The van der Waals surface area contributed by atoms with Crippen molar-refractivity contribution < 1.29 is 31.1 Å². The molecule has 0 radical (unpaired) electrons. The van der Waals surface area contributed by atoms with E-state index >= 15 is 4.39 Å². The van der Waals surface area contributed by atoms with E-state index in [1.54, 1.807) is 0 Å². The number of nitrogens with one attached hydrogen (secondary N) is 2. The summed E-state index contributed by atoms with van der Waals surface area (Å²) in [6.07, 6.45) is 1.01. The van der Waals surface area contributed by atoms with Crippen LogP contribution in [0, 0.1) is 11.6 Å². The zero-order valence-corrected chi connectivity index (χ0v) is 21.5. The fourth-order valence-electron chi connectivity index (χ4n) is 4.04. The molecular weight excluding hydrogens is 523 g/mol. The van der Waals surface area contributed by atoms with Crippen molar-refractivity contribution in [3.8, 4) is 22.6 Å². The largest absolute Gasteiger partial charge is 0.377 e. The normalized spacial score (nSPS) is 15.8. The van der Waals surface area contributed by atoms with Gasteiger partial charge in [0.25, 0.3) is 0 Å². The number of morpholine rings is 1. The number of alkyl halides is 1. The van der Waals surface area contributed by atoms with E-state index in [1.807, 2.05) is 11.8 Å². The highest BCUT2D eigenvalue weighted by Crippen LogP contribution is 2.33. The first-order chi connectivity index (χ1) is 18.1. The third-order valence-electron chi connectivity index (χ3n) is 5.84. The predicted octanol–water partition coefficient (Wildman–Crippen LogP) is 3.81. The minimum Gasteiger partial charge on any atom is -0.377 e. The molecule has 1 fully saturated rings. The van der Waals surface area contributed by atoms with Crippen LogP contribution in [0.2, 0.25) is 0 Å². The number of aromatic nitrogens is 2. The molecular formula is C25H26F3N5O4S. The van der Waals surface area contributed by atoms with E-state index in [0.29, 0.717) is 25.6 Å². The summed E-state index contributed by atoms with van der Waals surface area (Å²) in [6.45, 7) is 2.30. The third kappa shape index (κ3) is 6.22. The number of hydrogen-bond acceptors (Lipinski definition) is 7. The van der Waals surface area contributed by atoms with Crippen LogP contribution >= 0.6 is 0 Å². The third-order valence-corrected chi connectivity index (χ3v) is 6.99. The van der Waals surface area contributed by atoms with Crippen LogP contribution in [0.15, 0.2) is 47.4 Å². The first kappa shape index (κ1) is 27.3. The Kier molecular flexibility index (Phi) is 8.17. The zero-order chi connectivity index (χ0) is 27.4. The second kappa shape index (κ2) is 11.4. The summed E-state index contributed by atoms with van der Waals surface area (Å²) in [7, 11) is -3.76. The van der Waals surface area contributed by atoms with Gasteiger partial charge in [0.15, 0.2) is 15.7 Å². The first-order valence-corrected chi connectivity index (χ1v) is 13.6. The summed E-state index contributed by atoms with van der Waals surface area (Å²) in [4.78, 5) is 22.5. The fraction of sp³-hybridized carbons (Fsp3) is 0.320. The molecule has 2 heterocycles. The number of amides is 2. The highest BCUT2D eigenvalue weighted by Gasteiger charge is 2.25. The summed E-state index contributed by atoms with van der Waals surface area (Å²) in [5, 5.41) is 4.68. The summed E-state index contributed by atoms with van der Waals surface area (Å²) in [5.41, 5.74) is 0.198. The number of sulfone groups is 1. The van der Waals surface area contributed by atoms with Crippen molar-refractivity contribution in [1.82, 2.24) is 15.3 Å². The number of halogens is 3. The molecule has 0 spiro atoms. The van der Waals surface area contributed by atoms with Gasteiger partial charge in [-0.1, -0.05) is 0 Å². The van der Waals surface area contributed by atoms with Crippen LogP contribution in [0.5, 0.6) is 0 Å². The molecule has 1 aliphatic heterocycles. The van der Waals surface area contributed by atoms with E-state index in [9.17, 15) is 22.0 Å². The standard InChI is InChI=1S/C25H26F3N5O4S/c1-15-14-37-10-9-33(15)23-13-21(19-11-16(27)3-6-22(19)38(2,35)36)31-24(32-23)18-5-4-17(12-20(18)28)30-25(34)29-8-7-26/h3-6,11-13,15H,7-10,14H2,1-2H3,(H2,29,30,34). The Balaban J connectivity index is 1.83. The molecule has 1 saturated heterocycles. The number of hydrogen-bond donors (Lipinski definition) is 2. The Bertz CT molecular complexity index is 1450. The zero-order valence-electron chi connectivity index (χ0n) is 20.7. The average molecular weight is 550 g/mol. The van der Waals surface area contributed by atoms with Gasteiger partial charge in [0.2, 0.25) is 0 Å². The van der Waals surface area contributed by atoms with Crippen LogP contribution < -0.4 is 15.5 Å². The lowest BCUT2D eigenvalue weighted by Crippen LogP contribution is -2.44. The molecule has 38 heavy (non-hydrogen) atoms. The number of anilines is 2. The Morgan fingerprint density at radius 2 is 1.92 bits per heavy atom. The molecule has 1 atom stereocenters. The van der Waals surface area contributed by atoms with Crippen molar-refractivity contribution >= 4 is 27.4 Å². The van der Waals surface area contributed by atoms with Crippen LogP contribution in [0.3, 0.4) is 0 Å². The Hall–Kier alpha value is -3.71. The lowest BCUT2D eigenvalue weighted by atomic mass is 10.1. The summed E-state index contributed by atoms with van der Waals surface area (Å²) >= 11 is 0. The molecule has 9 nitrogen and oxygen atoms in total. The predicted molar refractivity (Wildman–Crippen MR) is 137 cm³/mol. The van der Waals surface area contributed by atoms with E-state index in [0.717, 1.165) is 30.5 Å².